The van der Waals surface area contributed by atoms with Gasteiger partial charge >= 0.3 is 0 Å². The molecule has 1 atom stereocenters. The molecule has 0 aromatic heterocycles. The molecule has 0 saturated carbocycles. The maximum atomic E-state index is 13.3. The van der Waals surface area contributed by atoms with Gasteiger partial charge in [-0.1, -0.05) is 44.2 Å². The van der Waals surface area contributed by atoms with E-state index in [1.54, 1.807) is 50.2 Å². The minimum atomic E-state index is -3.47. The fourth-order valence-electron chi connectivity index (χ4n) is 3.11. The lowest BCUT2D eigenvalue weighted by molar-refractivity contribution is -0.136. The molecular formula is C20H22FN3O3S. The van der Waals surface area contributed by atoms with Crippen LogP contribution in [0.1, 0.15) is 37.4 Å². The Morgan fingerprint density at radius 3 is 2.43 bits per heavy atom. The molecule has 1 amide bonds. The number of benzene rings is 2. The number of hydrogen-bond acceptors (Lipinski definition) is 4. The van der Waals surface area contributed by atoms with Crippen molar-refractivity contribution in [3.05, 3.63) is 65.5 Å². The zero-order valence-electron chi connectivity index (χ0n) is 15.9. The van der Waals surface area contributed by atoms with E-state index < -0.39 is 10.0 Å². The van der Waals surface area contributed by atoms with Crippen LogP contribution >= 0.6 is 0 Å². The van der Waals surface area contributed by atoms with Crippen LogP contribution in [-0.4, -0.2) is 31.3 Å². The highest BCUT2D eigenvalue weighted by Crippen LogP contribution is 2.35. The van der Waals surface area contributed by atoms with Crippen LogP contribution in [0, 0.1) is 11.7 Å². The number of amides is 1. The summed E-state index contributed by atoms with van der Waals surface area (Å²) in [6.07, 6.45) is 1.47. The number of sulfonamides is 1. The van der Waals surface area contributed by atoms with Crippen LogP contribution in [0.25, 0.3) is 0 Å². The second kappa shape index (κ2) is 7.71. The smallest absolute Gasteiger partial charge is 0.245 e. The topological polar surface area (TPSA) is 78.8 Å². The Morgan fingerprint density at radius 2 is 1.82 bits per heavy atom. The van der Waals surface area contributed by atoms with E-state index in [9.17, 15) is 17.6 Å². The van der Waals surface area contributed by atoms with Gasteiger partial charge in [0.05, 0.1) is 23.7 Å². The first-order chi connectivity index (χ1) is 13.2. The summed E-state index contributed by atoms with van der Waals surface area (Å²) >= 11 is 0. The second-order valence-electron chi connectivity index (χ2n) is 7.08. The summed E-state index contributed by atoms with van der Waals surface area (Å²) in [5.74, 6) is -0.777. The third kappa shape index (κ3) is 4.39. The number of hydrogen-bond donors (Lipinski definition) is 1. The Kier molecular flexibility index (Phi) is 5.51. The molecule has 0 spiro atoms. The van der Waals surface area contributed by atoms with E-state index in [1.165, 1.54) is 17.1 Å². The first-order valence-electron chi connectivity index (χ1n) is 8.89. The van der Waals surface area contributed by atoms with Gasteiger partial charge in [0, 0.05) is 17.9 Å². The molecule has 6 nitrogen and oxygen atoms in total. The quantitative estimate of drug-likeness (QED) is 0.829. The maximum Gasteiger partial charge on any atom is 0.245 e. The van der Waals surface area contributed by atoms with Crippen molar-refractivity contribution < 1.29 is 17.6 Å². The van der Waals surface area contributed by atoms with Crippen molar-refractivity contribution in [3.63, 3.8) is 0 Å². The Morgan fingerprint density at radius 1 is 1.18 bits per heavy atom. The van der Waals surface area contributed by atoms with Gasteiger partial charge in [-0.3, -0.25) is 9.52 Å². The average molecular weight is 403 g/mol. The van der Waals surface area contributed by atoms with Gasteiger partial charge < -0.3 is 0 Å². The van der Waals surface area contributed by atoms with Crippen molar-refractivity contribution in [3.8, 4) is 0 Å². The molecule has 0 fully saturated rings. The minimum absolute atomic E-state index is 0.155. The van der Waals surface area contributed by atoms with Crippen molar-refractivity contribution in [2.24, 2.45) is 11.0 Å². The van der Waals surface area contributed by atoms with Crippen LogP contribution in [-0.2, 0) is 14.8 Å². The number of carbonyl (C=O) groups is 1. The van der Waals surface area contributed by atoms with Crippen LogP contribution in [0.2, 0.25) is 0 Å². The van der Waals surface area contributed by atoms with Crippen LogP contribution in [0.3, 0.4) is 0 Å². The summed E-state index contributed by atoms with van der Waals surface area (Å²) in [7, 11) is -3.47. The Hall–Kier alpha value is -2.74. The molecule has 8 heteroatoms. The van der Waals surface area contributed by atoms with Crippen molar-refractivity contribution in [2.75, 3.05) is 11.0 Å². The molecular weight excluding hydrogens is 381 g/mol. The molecule has 1 N–H and O–H groups in total. The first kappa shape index (κ1) is 20.0. The molecule has 0 aliphatic carbocycles. The number of rotatable bonds is 5. The predicted octanol–water partition coefficient (Wildman–Crippen LogP) is 3.53. The molecule has 3 rings (SSSR count). The highest BCUT2D eigenvalue weighted by molar-refractivity contribution is 7.92. The molecule has 1 heterocycles. The van der Waals surface area contributed by atoms with E-state index in [0.29, 0.717) is 23.4 Å². The van der Waals surface area contributed by atoms with E-state index in [0.717, 1.165) is 11.8 Å². The van der Waals surface area contributed by atoms with E-state index >= 15 is 0 Å². The largest absolute Gasteiger partial charge is 0.283 e. The van der Waals surface area contributed by atoms with Crippen molar-refractivity contribution in [1.29, 1.82) is 0 Å². The number of anilines is 1. The molecule has 0 bridgehead atoms. The van der Waals surface area contributed by atoms with Crippen molar-refractivity contribution in [2.45, 2.75) is 26.3 Å². The Labute approximate surface area is 164 Å². The fraction of sp³-hybridized carbons (Fsp3) is 0.300. The number of hydrazone groups is 1. The molecule has 148 valence electrons. The third-order valence-corrected chi connectivity index (χ3v) is 5.01. The Balaban J connectivity index is 2.02. The van der Waals surface area contributed by atoms with Crippen LogP contribution < -0.4 is 4.72 Å². The number of para-hydroxylation sites is 1. The lowest BCUT2D eigenvalue weighted by Gasteiger charge is -2.23. The highest BCUT2D eigenvalue weighted by atomic mass is 32.2. The van der Waals surface area contributed by atoms with E-state index in [1.807, 2.05) is 0 Å². The van der Waals surface area contributed by atoms with Gasteiger partial charge in [0.1, 0.15) is 5.82 Å². The summed E-state index contributed by atoms with van der Waals surface area (Å²) in [4.78, 5) is 12.7. The van der Waals surface area contributed by atoms with Crippen LogP contribution in [0.15, 0.2) is 53.6 Å². The lowest BCUT2D eigenvalue weighted by atomic mass is 9.97. The number of halogens is 1. The maximum absolute atomic E-state index is 13.3. The SMILES string of the molecule is CC(C)C(=O)N1N=C(c2ccccc2NS(C)(=O)=O)CC1c1ccc(F)cc1. The second-order valence-corrected chi connectivity index (χ2v) is 8.82. The number of carbonyl (C=O) groups excluding carboxylic acids is 1. The average Bonchev–Trinajstić information content (AvgIpc) is 3.05. The van der Waals surface area contributed by atoms with Gasteiger partial charge in [-0.2, -0.15) is 5.10 Å². The Bertz CT molecular complexity index is 1020. The van der Waals surface area contributed by atoms with Crippen molar-refractivity contribution >= 4 is 27.3 Å². The zero-order chi connectivity index (χ0) is 20.5. The molecule has 1 unspecified atom stereocenters. The van der Waals surface area contributed by atoms with Gasteiger partial charge in [-0.05, 0) is 23.8 Å². The van der Waals surface area contributed by atoms with Gasteiger partial charge in [-0.15, -0.1) is 0 Å². The molecule has 1 aliphatic heterocycles. The van der Waals surface area contributed by atoms with Gasteiger partial charge in [0.25, 0.3) is 0 Å². The molecule has 2 aromatic rings. The highest BCUT2D eigenvalue weighted by Gasteiger charge is 2.34. The minimum Gasteiger partial charge on any atom is -0.283 e. The standard InChI is InChI=1S/C20H22FN3O3S/c1-13(2)20(25)24-19(14-8-10-15(21)11-9-14)12-18(22-24)16-6-4-5-7-17(16)23-28(3,26)27/h4-11,13,19,23H,12H2,1-3H3. The normalized spacial score (nSPS) is 17.0. The number of nitrogens with one attached hydrogen (secondary N) is 1. The molecule has 1 aliphatic rings. The van der Waals surface area contributed by atoms with Gasteiger partial charge in [0.2, 0.25) is 15.9 Å². The summed E-state index contributed by atoms with van der Waals surface area (Å²) in [5.41, 5.74) is 2.37. The van der Waals surface area contributed by atoms with Crippen LogP contribution in [0.5, 0.6) is 0 Å². The lowest BCUT2D eigenvalue weighted by Crippen LogP contribution is -2.30. The predicted molar refractivity (Wildman–Crippen MR) is 107 cm³/mol. The molecule has 28 heavy (non-hydrogen) atoms. The fourth-order valence-corrected chi connectivity index (χ4v) is 3.69. The van der Waals surface area contributed by atoms with Crippen LogP contribution in [0.4, 0.5) is 10.1 Å². The molecule has 0 saturated heterocycles. The van der Waals surface area contributed by atoms with E-state index in [4.69, 9.17) is 0 Å². The van der Waals surface area contributed by atoms with E-state index in [2.05, 4.69) is 9.82 Å². The summed E-state index contributed by atoms with van der Waals surface area (Å²) < 4.78 is 39.2. The van der Waals surface area contributed by atoms with Gasteiger partial charge in [-0.25, -0.2) is 17.8 Å². The monoisotopic (exact) mass is 403 g/mol. The van der Waals surface area contributed by atoms with Gasteiger partial charge in [0.15, 0.2) is 0 Å². The van der Waals surface area contributed by atoms with Crippen molar-refractivity contribution in [1.82, 2.24) is 5.01 Å². The third-order valence-electron chi connectivity index (χ3n) is 4.42. The van der Waals surface area contributed by atoms with E-state index in [-0.39, 0.29) is 23.7 Å². The zero-order valence-corrected chi connectivity index (χ0v) is 16.7. The summed E-state index contributed by atoms with van der Waals surface area (Å²) in [5, 5.41) is 5.94. The molecule has 0 radical (unpaired) electrons. The number of nitrogens with zero attached hydrogens (tertiary/aromatic N) is 2. The molecule has 2 aromatic carbocycles. The summed E-state index contributed by atoms with van der Waals surface area (Å²) in [6, 6.07) is 12.5. The first-order valence-corrected chi connectivity index (χ1v) is 10.8. The summed E-state index contributed by atoms with van der Waals surface area (Å²) in [6.45, 7) is 3.58.